The van der Waals surface area contributed by atoms with Gasteiger partial charge in [0.2, 0.25) is 0 Å². The van der Waals surface area contributed by atoms with E-state index < -0.39 is 0 Å². The molecule has 158 valence electrons. The number of hydrogen-bond acceptors (Lipinski definition) is 5. The van der Waals surface area contributed by atoms with Gasteiger partial charge in [0.1, 0.15) is 6.10 Å². The number of pyridine rings is 1. The molecule has 6 heteroatoms. The Morgan fingerprint density at radius 1 is 1.07 bits per heavy atom. The number of aromatic nitrogens is 1. The number of fused-ring (bicyclic) bond motifs is 3. The van der Waals surface area contributed by atoms with Crippen molar-refractivity contribution in [1.29, 1.82) is 0 Å². The molecular weight excluding hydrogens is 382 g/mol. The van der Waals surface area contributed by atoms with Crippen molar-refractivity contribution in [2.45, 2.75) is 32.1 Å². The normalized spacial score (nSPS) is 20.9. The van der Waals surface area contributed by atoms with Gasteiger partial charge in [-0.2, -0.15) is 0 Å². The summed E-state index contributed by atoms with van der Waals surface area (Å²) < 4.78 is 24.1. The van der Waals surface area contributed by atoms with Gasteiger partial charge in [0.15, 0.2) is 0 Å². The average molecular weight is 409 g/mol. The van der Waals surface area contributed by atoms with E-state index >= 15 is 0 Å². The van der Waals surface area contributed by atoms with Crippen LogP contribution >= 0.6 is 0 Å². The van der Waals surface area contributed by atoms with Gasteiger partial charge in [-0.1, -0.05) is 24.3 Å². The van der Waals surface area contributed by atoms with Crippen LogP contribution in [0.2, 0.25) is 0 Å². The Kier molecular flexibility index (Phi) is 5.82. The summed E-state index contributed by atoms with van der Waals surface area (Å²) in [6, 6.07) is 10.4. The minimum Gasteiger partial charge on any atom is -0.377 e. The Balaban J connectivity index is 1.36. The average Bonchev–Trinajstić information content (AvgIpc) is 2.80. The highest BCUT2D eigenvalue weighted by molar-refractivity contribution is 5.73. The molecule has 1 aromatic heterocycles. The zero-order valence-corrected chi connectivity index (χ0v) is 17.1. The van der Waals surface area contributed by atoms with Gasteiger partial charge in [-0.3, -0.25) is 4.79 Å². The van der Waals surface area contributed by atoms with Crippen molar-refractivity contribution in [1.82, 2.24) is 4.57 Å². The van der Waals surface area contributed by atoms with E-state index in [0.29, 0.717) is 46.2 Å². The molecule has 0 radical (unpaired) electrons. The zero-order chi connectivity index (χ0) is 20.3. The fourth-order valence-electron chi connectivity index (χ4n) is 4.40. The van der Waals surface area contributed by atoms with Crippen LogP contribution in [0.25, 0.3) is 16.8 Å². The van der Waals surface area contributed by atoms with Crippen LogP contribution in [0.5, 0.6) is 0 Å². The van der Waals surface area contributed by atoms with E-state index in [9.17, 15) is 4.79 Å². The first-order valence-corrected chi connectivity index (χ1v) is 10.7. The zero-order valence-electron chi connectivity index (χ0n) is 17.1. The molecule has 0 bridgehead atoms. The summed E-state index contributed by atoms with van der Waals surface area (Å²) in [6.45, 7) is 4.85. The van der Waals surface area contributed by atoms with Crippen LogP contribution in [0, 0.1) is 0 Å². The Hall–Kier alpha value is -2.25. The predicted molar refractivity (Wildman–Crippen MR) is 113 cm³/mol. The minimum absolute atomic E-state index is 0.0314. The summed E-state index contributed by atoms with van der Waals surface area (Å²) in [6.07, 6.45) is 3.96. The quantitative estimate of drug-likeness (QED) is 0.760. The highest BCUT2D eigenvalue weighted by atomic mass is 16.6. The lowest BCUT2D eigenvalue weighted by Gasteiger charge is -2.24. The molecule has 0 unspecified atom stereocenters. The van der Waals surface area contributed by atoms with Crippen LogP contribution < -0.4 is 5.56 Å². The van der Waals surface area contributed by atoms with Gasteiger partial charge in [0.25, 0.3) is 5.56 Å². The number of aryl methyl sites for hydroxylation is 1. The minimum atomic E-state index is -0.0314. The summed E-state index contributed by atoms with van der Waals surface area (Å²) in [4.78, 5) is 12.7. The third-order valence-corrected chi connectivity index (χ3v) is 5.97. The van der Waals surface area contributed by atoms with Crippen molar-refractivity contribution < 1.29 is 18.9 Å². The van der Waals surface area contributed by atoms with Crippen LogP contribution in [0.1, 0.15) is 23.1 Å². The first-order chi connectivity index (χ1) is 14.8. The maximum Gasteiger partial charge on any atom is 0.251 e. The molecule has 3 aliphatic heterocycles. The number of rotatable bonds is 5. The Bertz CT molecular complexity index is 1000. The highest BCUT2D eigenvalue weighted by Crippen LogP contribution is 2.32. The lowest BCUT2D eigenvalue weighted by atomic mass is 9.91. The largest absolute Gasteiger partial charge is 0.377 e. The van der Waals surface area contributed by atoms with Crippen molar-refractivity contribution in [2.75, 3.05) is 39.6 Å². The second-order valence-corrected chi connectivity index (χ2v) is 8.00. The maximum absolute atomic E-state index is 12.7. The summed E-state index contributed by atoms with van der Waals surface area (Å²) in [5, 5.41) is 0. The van der Waals surface area contributed by atoms with E-state index in [2.05, 4.69) is 30.3 Å². The third kappa shape index (κ3) is 4.14. The van der Waals surface area contributed by atoms with Crippen LogP contribution in [0.4, 0.5) is 0 Å². The van der Waals surface area contributed by atoms with E-state index in [4.69, 9.17) is 18.9 Å². The van der Waals surface area contributed by atoms with Crippen molar-refractivity contribution >= 4 is 5.57 Å². The molecule has 0 spiro atoms. The number of ether oxygens (including phenoxy) is 4. The van der Waals surface area contributed by atoms with Crippen molar-refractivity contribution in [3.05, 3.63) is 63.5 Å². The van der Waals surface area contributed by atoms with Gasteiger partial charge >= 0.3 is 0 Å². The second-order valence-electron chi connectivity index (χ2n) is 8.00. The molecule has 1 fully saturated rings. The van der Waals surface area contributed by atoms with Crippen molar-refractivity contribution in [3.63, 3.8) is 0 Å². The van der Waals surface area contributed by atoms with Gasteiger partial charge in [-0.15, -0.1) is 0 Å². The molecule has 30 heavy (non-hydrogen) atoms. The Morgan fingerprint density at radius 3 is 2.87 bits per heavy atom. The molecule has 2 aromatic rings. The predicted octanol–water partition coefficient (Wildman–Crippen LogP) is 2.81. The molecule has 1 saturated heterocycles. The SMILES string of the molecule is O=c1cc(COC[C@H]2COCCO2)cc2n1CCc1cc(C3=CCOCC3)ccc1-2. The summed E-state index contributed by atoms with van der Waals surface area (Å²) in [5.74, 6) is 0. The fraction of sp³-hybridized carbons (Fsp3) is 0.458. The molecule has 4 heterocycles. The maximum atomic E-state index is 12.7. The van der Waals surface area contributed by atoms with Crippen molar-refractivity contribution in [2.24, 2.45) is 0 Å². The fourth-order valence-corrected chi connectivity index (χ4v) is 4.40. The summed E-state index contributed by atoms with van der Waals surface area (Å²) >= 11 is 0. The van der Waals surface area contributed by atoms with E-state index in [0.717, 1.165) is 36.3 Å². The molecule has 3 aliphatic rings. The lowest BCUT2D eigenvalue weighted by Crippen LogP contribution is -2.32. The molecule has 0 aliphatic carbocycles. The first-order valence-electron chi connectivity index (χ1n) is 10.7. The van der Waals surface area contributed by atoms with E-state index in [1.54, 1.807) is 6.07 Å². The van der Waals surface area contributed by atoms with Gasteiger partial charge in [-0.05, 0) is 41.2 Å². The van der Waals surface area contributed by atoms with Crippen LogP contribution in [-0.4, -0.2) is 50.3 Å². The molecule has 0 saturated carbocycles. The first kappa shape index (κ1) is 19.7. The van der Waals surface area contributed by atoms with Gasteiger partial charge in [0, 0.05) is 18.2 Å². The van der Waals surface area contributed by atoms with E-state index in [-0.39, 0.29) is 11.7 Å². The van der Waals surface area contributed by atoms with Gasteiger partial charge in [-0.25, -0.2) is 0 Å². The monoisotopic (exact) mass is 409 g/mol. The summed E-state index contributed by atoms with van der Waals surface area (Å²) in [7, 11) is 0. The van der Waals surface area contributed by atoms with Gasteiger partial charge < -0.3 is 23.5 Å². The highest BCUT2D eigenvalue weighted by Gasteiger charge is 2.20. The van der Waals surface area contributed by atoms with Crippen molar-refractivity contribution in [3.8, 4) is 11.3 Å². The lowest BCUT2D eigenvalue weighted by molar-refractivity contribution is -0.117. The standard InChI is InChI=1S/C24H27NO5/c26-24-12-17(14-29-16-21-15-28-9-10-30-21)11-23-22-2-1-19(18-4-7-27-8-5-18)13-20(22)3-6-25(23)24/h1-2,4,11-13,21H,3,5-10,14-16H2/t21-/m1/s1. The molecule has 0 amide bonds. The van der Waals surface area contributed by atoms with Crippen LogP contribution in [0.15, 0.2) is 41.2 Å². The smallest absolute Gasteiger partial charge is 0.251 e. The van der Waals surface area contributed by atoms with Crippen LogP contribution in [-0.2, 0) is 38.5 Å². The summed E-state index contributed by atoms with van der Waals surface area (Å²) in [5.41, 5.74) is 6.96. The molecule has 1 aromatic carbocycles. The number of hydrogen-bond donors (Lipinski definition) is 0. The van der Waals surface area contributed by atoms with Gasteiger partial charge in [0.05, 0.1) is 51.9 Å². The third-order valence-electron chi connectivity index (χ3n) is 5.97. The van der Waals surface area contributed by atoms with Crippen LogP contribution in [0.3, 0.4) is 0 Å². The number of benzene rings is 1. The second kappa shape index (κ2) is 8.86. The molecular formula is C24H27NO5. The molecule has 0 N–H and O–H groups in total. The van der Waals surface area contributed by atoms with E-state index in [1.165, 1.54) is 16.7 Å². The van der Waals surface area contributed by atoms with E-state index in [1.807, 2.05) is 4.57 Å². The molecule has 1 atom stereocenters. The topological polar surface area (TPSA) is 58.9 Å². The number of nitrogens with zero attached hydrogens (tertiary/aromatic N) is 1. The Labute approximate surface area is 176 Å². The molecule has 5 rings (SSSR count). The Morgan fingerprint density at radius 2 is 2.03 bits per heavy atom. The molecule has 6 nitrogen and oxygen atoms in total.